The Hall–Kier alpha value is -2.49. The molecule has 1 aromatic heterocycles. The van der Waals surface area contributed by atoms with Gasteiger partial charge in [-0.2, -0.15) is 13.2 Å². The van der Waals surface area contributed by atoms with Crippen LogP contribution in [0.3, 0.4) is 0 Å². The molecule has 3 nitrogen and oxygen atoms in total. The molecule has 31 heavy (non-hydrogen) atoms. The van der Waals surface area contributed by atoms with Crippen molar-refractivity contribution >= 4 is 57.7 Å². The van der Waals surface area contributed by atoms with Crippen molar-refractivity contribution in [1.29, 1.82) is 0 Å². The van der Waals surface area contributed by atoms with E-state index in [4.69, 9.17) is 16.6 Å². The van der Waals surface area contributed by atoms with Crippen molar-refractivity contribution in [3.63, 3.8) is 0 Å². The first kappa shape index (κ1) is 21.7. The lowest BCUT2D eigenvalue weighted by Gasteiger charge is -2.16. The number of anilines is 1. The van der Waals surface area contributed by atoms with E-state index in [9.17, 15) is 18.0 Å². The van der Waals surface area contributed by atoms with E-state index in [2.05, 4.69) is 0 Å². The zero-order chi connectivity index (χ0) is 22.2. The van der Waals surface area contributed by atoms with Gasteiger partial charge in [0.1, 0.15) is 5.76 Å². The number of nitrogens with zero attached hydrogens (tertiary/aromatic N) is 1. The standard InChI is InChI=1S/C22H14F3NO2S3/c1-13-5-8-17(9-6-13)30-19-10-7-16(28-19)12-18-20(27)26(21(29)31-18)15-4-2-3-14(11-15)22(23,24)25/h2-12H,1H3. The maximum absolute atomic E-state index is 13.0. The van der Waals surface area contributed by atoms with Gasteiger partial charge in [0.25, 0.3) is 5.91 Å². The number of amides is 1. The molecule has 158 valence electrons. The highest BCUT2D eigenvalue weighted by atomic mass is 32.2. The molecular weight excluding hydrogens is 463 g/mol. The van der Waals surface area contributed by atoms with E-state index in [1.54, 1.807) is 18.2 Å². The average molecular weight is 478 g/mol. The van der Waals surface area contributed by atoms with Crippen LogP contribution in [0, 0.1) is 6.92 Å². The second-order valence-corrected chi connectivity index (χ2v) is 9.39. The topological polar surface area (TPSA) is 33.5 Å². The Morgan fingerprint density at radius 1 is 1.10 bits per heavy atom. The smallest absolute Gasteiger partial charge is 0.416 e. The summed E-state index contributed by atoms with van der Waals surface area (Å²) in [4.78, 5) is 15.2. The monoisotopic (exact) mass is 477 g/mol. The van der Waals surface area contributed by atoms with Gasteiger partial charge >= 0.3 is 6.18 Å². The molecule has 0 aliphatic carbocycles. The minimum atomic E-state index is -4.51. The summed E-state index contributed by atoms with van der Waals surface area (Å²) in [6.45, 7) is 2.01. The molecule has 3 aromatic rings. The highest BCUT2D eigenvalue weighted by molar-refractivity contribution is 8.27. The Bertz CT molecular complexity index is 1180. The van der Waals surface area contributed by atoms with E-state index in [0.717, 1.165) is 39.3 Å². The average Bonchev–Trinajstić information content (AvgIpc) is 3.27. The first-order chi connectivity index (χ1) is 14.7. The predicted octanol–water partition coefficient (Wildman–Crippen LogP) is 7.16. The number of carbonyl (C=O) groups excluding carboxylic acids is 1. The molecule has 1 amide bonds. The van der Waals surface area contributed by atoms with Crippen molar-refractivity contribution in [3.05, 3.63) is 82.5 Å². The highest BCUT2D eigenvalue weighted by Gasteiger charge is 2.36. The molecule has 0 spiro atoms. The van der Waals surface area contributed by atoms with Gasteiger partial charge in [0.05, 0.1) is 16.2 Å². The zero-order valence-corrected chi connectivity index (χ0v) is 18.4. The molecule has 1 aliphatic heterocycles. The molecule has 1 aliphatic rings. The third kappa shape index (κ3) is 4.89. The lowest BCUT2D eigenvalue weighted by atomic mass is 10.2. The number of aryl methyl sites for hydroxylation is 1. The number of hydrogen-bond acceptors (Lipinski definition) is 5. The molecule has 0 atom stereocenters. The van der Waals surface area contributed by atoms with Crippen molar-refractivity contribution < 1.29 is 22.4 Å². The van der Waals surface area contributed by atoms with Crippen LogP contribution in [0.1, 0.15) is 16.9 Å². The minimum Gasteiger partial charge on any atom is -0.450 e. The quantitative estimate of drug-likeness (QED) is 0.294. The number of carbonyl (C=O) groups is 1. The fourth-order valence-corrected chi connectivity index (χ4v) is 4.89. The summed E-state index contributed by atoms with van der Waals surface area (Å²) < 4.78 is 45.0. The molecule has 1 saturated heterocycles. The lowest BCUT2D eigenvalue weighted by molar-refractivity contribution is -0.137. The highest BCUT2D eigenvalue weighted by Crippen LogP contribution is 2.39. The summed E-state index contributed by atoms with van der Waals surface area (Å²) in [5.41, 5.74) is 0.398. The second-order valence-electron chi connectivity index (χ2n) is 6.64. The van der Waals surface area contributed by atoms with Crippen molar-refractivity contribution in [2.45, 2.75) is 23.1 Å². The largest absolute Gasteiger partial charge is 0.450 e. The van der Waals surface area contributed by atoms with E-state index < -0.39 is 17.6 Å². The van der Waals surface area contributed by atoms with E-state index in [1.165, 1.54) is 23.9 Å². The van der Waals surface area contributed by atoms with Crippen LogP contribution in [-0.4, -0.2) is 10.2 Å². The van der Waals surface area contributed by atoms with Gasteiger partial charge in [-0.1, -0.05) is 59.5 Å². The SMILES string of the molecule is Cc1ccc(Sc2ccc(C=C3SC(=S)N(c4cccc(C(F)(F)F)c4)C3=O)o2)cc1. The first-order valence-corrected chi connectivity index (χ1v) is 11.0. The Kier molecular flexibility index (Phi) is 6.00. The number of hydrogen-bond donors (Lipinski definition) is 0. The summed E-state index contributed by atoms with van der Waals surface area (Å²) in [5, 5.41) is 0.656. The van der Waals surface area contributed by atoms with Crippen molar-refractivity contribution in [2.75, 3.05) is 4.90 Å². The van der Waals surface area contributed by atoms with Gasteiger partial charge < -0.3 is 4.42 Å². The van der Waals surface area contributed by atoms with Crippen LogP contribution in [-0.2, 0) is 11.0 Å². The number of furan rings is 1. The summed E-state index contributed by atoms with van der Waals surface area (Å²) in [6.07, 6.45) is -2.96. The molecule has 0 bridgehead atoms. The second kappa shape index (κ2) is 8.57. The summed E-state index contributed by atoms with van der Waals surface area (Å²) in [6, 6.07) is 16.1. The molecule has 2 heterocycles. The Morgan fingerprint density at radius 2 is 1.84 bits per heavy atom. The third-order valence-corrected chi connectivity index (χ3v) is 6.57. The van der Waals surface area contributed by atoms with E-state index >= 15 is 0 Å². The zero-order valence-electron chi connectivity index (χ0n) is 16.0. The lowest BCUT2D eigenvalue weighted by Crippen LogP contribution is -2.27. The summed E-state index contributed by atoms with van der Waals surface area (Å²) in [5.74, 6) is -0.0300. The Morgan fingerprint density at radius 3 is 2.55 bits per heavy atom. The summed E-state index contributed by atoms with van der Waals surface area (Å²) >= 11 is 7.71. The first-order valence-electron chi connectivity index (χ1n) is 9.00. The van der Waals surface area contributed by atoms with Gasteiger partial charge in [-0.3, -0.25) is 9.69 Å². The normalized spacial score (nSPS) is 15.9. The molecule has 0 radical (unpaired) electrons. The molecule has 9 heteroatoms. The maximum Gasteiger partial charge on any atom is 0.416 e. The Balaban J connectivity index is 1.54. The number of benzene rings is 2. The number of alkyl halides is 3. The van der Waals surface area contributed by atoms with Crippen LogP contribution in [0.4, 0.5) is 18.9 Å². The number of halogens is 3. The molecule has 0 saturated carbocycles. The van der Waals surface area contributed by atoms with E-state index in [-0.39, 0.29) is 14.9 Å². The van der Waals surface area contributed by atoms with Crippen LogP contribution in [0.25, 0.3) is 6.08 Å². The van der Waals surface area contributed by atoms with Crippen LogP contribution in [0.2, 0.25) is 0 Å². The van der Waals surface area contributed by atoms with Crippen LogP contribution in [0.5, 0.6) is 0 Å². The van der Waals surface area contributed by atoms with Gasteiger partial charge in [0, 0.05) is 11.0 Å². The molecular formula is C22H14F3NO2S3. The molecule has 1 fully saturated rings. The van der Waals surface area contributed by atoms with Crippen molar-refractivity contribution in [3.8, 4) is 0 Å². The van der Waals surface area contributed by atoms with Crippen LogP contribution >= 0.6 is 35.7 Å². The summed E-state index contributed by atoms with van der Waals surface area (Å²) in [7, 11) is 0. The molecule has 0 N–H and O–H groups in total. The fraction of sp³-hybridized carbons (Fsp3) is 0.0909. The predicted molar refractivity (Wildman–Crippen MR) is 121 cm³/mol. The van der Waals surface area contributed by atoms with Gasteiger partial charge in [-0.25, -0.2) is 0 Å². The molecule has 0 unspecified atom stereocenters. The van der Waals surface area contributed by atoms with E-state index in [1.807, 2.05) is 31.2 Å². The number of thioether (sulfide) groups is 1. The third-order valence-electron chi connectivity index (χ3n) is 4.34. The van der Waals surface area contributed by atoms with Gasteiger partial charge in [-0.15, -0.1) is 0 Å². The van der Waals surface area contributed by atoms with E-state index in [0.29, 0.717) is 10.9 Å². The molecule has 2 aromatic carbocycles. The van der Waals surface area contributed by atoms with Gasteiger partial charge in [-0.05, 0) is 49.4 Å². The van der Waals surface area contributed by atoms with Crippen LogP contribution < -0.4 is 4.90 Å². The van der Waals surface area contributed by atoms with Gasteiger partial charge in [0.15, 0.2) is 9.41 Å². The van der Waals surface area contributed by atoms with Crippen LogP contribution in [0.15, 0.2) is 80.0 Å². The van der Waals surface area contributed by atoms with Crippen molar-refractivity contribution in [1.82, 2.24) is 0 Å². The number of thiocarbonyl (C=S) groups is 1. The number of rotatable bonds is 4. The van der Waals surface area contributed by atoms with Gasteiger partial charge in [0.2, 0.25) is 0 Å². The van der Waals surface area contributed by atoms with Crippen molar-refractivity contribution in [2.24, 2.45) is 0 Å². The fourth-order valence-electron chi connectivity index (χ4n) is 2.83. The maximum atomic E-state index is 13.0. The Labute approximate surface area is 190 Å². The minimum absolute atomic E-state index is 0.0794. The molecule has 4 rings (SSSR count).